The number of hydrogen-bond acceptors (Lipinski definition) is 5. The first kappa shape index (κ1) is 22.0. The van der Waals surface area contributed by atoms with Gasteiger partial charge in [-0.1, -0.05) is 19.9 Å². The molecular formula is C22H26FN3O3S. The highest BCUT2D eigenvalue weighted by molar-refractivity contribution is 7.12. The van der Waals surface area contributed by atoms with E-state index in [1.165, 1.54) is 24.3 Å². The van der Waals surface area contributed by atoms with Crippen molar-refractivity contribution in [2.75, 3.05) is 31.1 Å². The molecule has 1 atom stereocenters. The second-order valence-electron chi connectivity index (χ2n) is 7.71. The Labute approximate surface area is 179 Å². The number of Topliss-reactive ketones (excluding diaryl/α,β-unsaturated/α-hetero) is 1. The van der Waals surface area contributed by atoms with Crippen LogP contribution in [0.1, 0.15) is 40.8 Å². The third kappa shape index (κ3) is 4.87. The van der Waals surface area contributed by atoms with E-state index >= 15 is 0 Å². The van der Waals surface area contributed by atoms with Crippen LogP contribution in [0.4, 0.5) is 10.1 Å². The van der Waals surface area contributed by atoms with E-state index < -0.39 is 11.9 Å². The van der Waals surface area contributed by atoms with Gasteiger partial charge in [0, 0.05) is 31.7 Å². The molecule has 0 saturated carbocycles. The molecule has 0 bridgehead atoms. The molecular weight excluding hydrogens is 405 g/mol. The number of carbonyl (C=O) groups excluding carboxylic acids is 3. The van der Waals surface area contributed by atoms with Crippen LogP contribution in [0.25, 0.3) is 0 Å². The summed E-state index contributed by atoms with van der Waals surface area (Å²) in [5.74, 6) is -1.05. The first-order valence-corrected chi connectivity index (χ1v) is 10.8. The van der Waals surface area contributed by atoms with Gasteiger partial charge >= 0.3 is 0 Å². The lowest BCUT2D eigenvalue weighted by Gasteiger charge is -2.38. The average Bonchev–Trinajstić information content (AvgIpc) is 3.26. The highest BCUT2D eigenvalue weighted by atomic mass is 32.1. The molecule has 3 rings (SSSR count). The molecule has 1 aliphatic rings. The van der Waals surface area contributed by atoms with E-state index in [0.29, 0.717) is 42.3 Å². The van der Waals surface area contributed by atoms with E-state index in [-0.39, 0.29) is 23.5 Å². The Bertz CT molecular complexity index is 922. The van der Waals surface area contributed by atoms with Crippen molar-refractivity contribution in [3.05, 3.63) is 52.0 Å². The molecule has 30 heavy (non-hydrogen) atoms. The smallest absolute Gasteiger partial charge is 0.262 e. The molecule has 2 aromatic rings. The number of ketones is 1. The second kappa shape index (κ2) is 9.38. The van der Waals surface area contributed by atoms with Gasteiger partial charge in [0.15, 0.2) is 5.78 Å². The molecule has 1 aromatic heterocycles. The van der Waals surface area contributed by atoms with Gasteiger partial charge in [0.2, 0.25) is 5.91 Å². The molecule has 1 aliphatic heterocycles. The Balaban J connectivity index is 1.63. The predicted octanol–water partition coefficient (Wildman–Crippen LogP) is 3.19. The minimum atomic E-state index is -0.613. The number of piperazine rings is 1. The van der Waals surface area contributed by atoms with Gasteiger partial charge in [-0.25, -0.2) is 4.39 Å². The lowest BCUT2D eigenvalue weighted by molar-refractivity contribution is -0.134. The molecule has 1 N–H and O–H groups in total. The summed E-state index contributed by atoms with van der Waals surface area (Å²) in [6.45, 7) is 7.04. The van der Waals surface area contributed by atoms with E-state index in [9.17, 15) is 18.8 Å². The van der Waals surface area contributed by atoms with Crippen molar-refractivity contribution in [1.82, 2.24) is 10.2 Å². The van der Waals surface area contributed by atoms with Gasteiger partial charge in [-0.2, -0.15) is 0 Å². The molecule has 2 heterocycles. The van der Waals surface area contributed by atoms with Gasteiger partial charge in [-0.3, -0.25) is 14.4 Å². The van der Waals surface area contributed by atoms with E-state index in [0.717, 1.165) is 0 Å². The van der Waals surface area contributed by atoms with Crippen molar-refractivity contribution >= 4 is 34.6 Å². The predicted molar refractivity (Wildman–Crippen MR) is 116 cm³/mol. The Morgan fingerprint density at radius 3 is 2.33 bits per heavy atom. The number of hydrogen-bond donors (Lipinski definition) is 1. The summed E-state index contributed by atoms with van der Waals surface area (Å²) in [4.78, 5) is 41.1. The Morgan fingerprint density at radius 1 is 1.10 bits per heavy atom. The van der Waals surface area contributed by atoms with Crippen molar-refractivity contribution in [2.24, 2.45) is 5.92 Å². The molecule has 0 spiro atoms. The summed E-state index contributed by atoms with van der Waals surface area (Å²) in [5.41, 5.74) is 0.768. The van der Waals surface area contributed by atoms with Crippen LogP contribution in [-0.2, 0) is 4.79 Å². The molecule has 8 heteroatoms. The number of halogens is 1. The largest absolute Gasteiger partial charge is 0.366 e. The minimum absolute atomic E-state index is 0.0592. The standard InChI is InChI=1S/C22H26FN3O3S/c1-14(2)20(24-21(28)19-5-4-12-30-19)22(29)26-10-8-25(9-11-26)18-7-6-16(15(3)27)13-17(18)23/h4-7,12-14,20H,8-11H2,1-3H3,(H,24,28). The topological polar surface area (TPSA) is 69.7 Å². The molecule has 1 fully saturated rings. The number of nitrogens with zero attached hydrogens (tertiary/aromatic N) is 2. The monoisotopic (exact) mass is 431 g/mol. The van der Waals surface area contributed by atoms with Crippen LogP contribution in [-0.4, -0.2) is 54.7 Å². The van der Waals surface area contributed by atoms with E-state index in [1.54, 1.807) is 29.2 Å². The molecule has 0 aliphatic carbocycles. The molecule has 160 valence electrons. The van der Waals surface area contributed by atoms with Gasteiger partial charge in [0.05, 0.1) is 10.6 Å². The summed E-state index contributed by atoms with van der Waals surface area (Å²) in [5, 5.41) is 4.68. The van der Waals surface area contributed by atoms with Crippen molar-refractivity contribution in [1.29, 1.82) is 0 Å². The van der Waals surface area contributed by atoms with Crippen LogP contribution in [0.5, 0.6) is 0 Å². The second-order valence-corrected chi connectivity index (χ2v) is 8.65. The first-order chi connectivity index (χ1) is 14.3. The zero-order valence-corrected chi connectivity index (χ0v) is 18.2. The van der Waals surface area contributed by atoms with Gasteiger partial charge in [0.25, 0.3) is 5.91 Å². The Kier molecular flexibility index (Phi) is 6.87. The maximum atomic E-state index is 14.4. The first-order valence-electron chi connectivity index (χ1n) is 9.96. The summed E-state index contributed by atoms with van der Waals surface area (Å²) in [6.07, 6.45) is 0. The normalized spacial score (nSPS) is 15.2. The van der Waals surface area contributed by atoms with E-state index in [4.69, 9.17) is 0 Å². The molecule has 6 nitrogen and oxygen atoms in total. The van der Waals surface area contributed by atoms with Crippen molar-refractivity contribution in [3.8, 4) is 0 Å². The zero-order chi connectivity index (χ0) is 21.8. The summed E-state index contributed by atoms with van der Waals surface area (Å²) < 4.78 is 14.4. The number of amides is 2. The van der Waals surface area contributed by atoms with Crippen LogP contribution >= 0.6 is 11.3 Å². The number of benzene rings is 1. The summed E-state index contributed by atoms with van der Waals surface area (Å²) in [6, 6.07) is 7.40. The maximum Gasteiger partial charge on any atom is 0.262 e. The third-order valence-electron chi connectivity index (χ3n) is 5.25. The van der Waals surface area contributed by atoms with Gasteiger partial charge < -0.3 is 15.1 Å². The fraction of sp³-hybridized carbons (Fsp3) is 0.409. The van der Waals surface area contributed by atoms with Gasteiger partial charge in [0.1, 0.15) is 11.9 Å². The minimum Gasteiger partial charge on any atom is -0.366 e. The maximum absolute atomic E-state index is 14.4. The molecule has 0 radical (unpaired) electrons. The molecule has 1 aromatic carbocycles. The summed E-state index contributed by atoms with van der Waals surface area (Å²) >= 11 is 1.33. The quantitative estimate of drug-likeness (QED) is 0.714. The Morgan fingerprint density at radius 2 is 1.80 bits per heavy atom. The van der Waals surface area contributed by atoms with Crippen molar-refractivity contribution < 1.29 is 18.8 Å². The number of rotatable bonds is 6. The van der Waals surface area contributed by atoms with Crippen molar-refractivity contribution in [3.63, 3.8) is 0 Å². The van der Waals surface area contributed by atoms with Crippen LogP contribution < -0.4 is 10.2 Å². The molecule has 1 unspecified atom stereocenters. The van der Waals surface area contributed by atoms with Crippen LogP contribution in [0.15, 0.2) is 35.7 Å². The SMILES string of the molecule is CC(=O)c1ccc(N2CCN(C(=O)C(NC(=O)c3cccs3)C(C)C)CC2)c(F)c1. The van der Waals surface area contributed by atoms with Gasteiger partial charge in [-0.15, -0.1) is 11.3 Å². The van der Waals surface area contributed by atoms with E-state index in [2.05, 4.69) is 5.32 Å². The summed E-state index contributed by atoms with van der Waals surface area (Å²) in [7, 11) is 0. The lowest BCUT2D eigenvalue weighted by atomic mass is 10.0. The third-order valence-corrected chi connectivity index (χ3v) is 6.12. The van der Waals surface area contributed by atoms with Crippen molar-refractivity contribution in [2.45, 2.75) is 26.8 Å². The van der Waals surface area contributed by atoms with E-state index in [1.807, 2.05) is 24.1 Å². The number of nitrogens with one attached hydrogen (secondary N) is 1. The number of anilines is 1. The van der Waals surface area contributed by atoms with Crippen LogP contribution in [0.3, 0.4) is 0 Å². The Hall–Kier alpha value is -2.74. The van der Waals surface area contributed by atoms with Crippen LogP contribution in [0.2, 0.25) is 0 Å². The zero-order valence-electron chi connectivity index (χ0n) is 17.4. The fourth-order valence-corrected chi connectivity index (χ4v) is 4.11. The van der Waals surface area contributed by atoms with Crippen LogP contribution in [0, 0.1) is 11.7 Å². The average molecular weight is 432 g/mol. The molecule has 2 amide bonds. The number of carbonyl (C=O) groups is 3. The highest BCUT2D eigenvalue weighted by Crippen LogP contribution is 2.23. The fourth-order valence-electron chi connectivity index (χ4n) is 3.48. The highest BCUT2D eigenvalue weighted by Gasteiger charge is 2.31. The van der Waals surface area contributed by atoms with Gasteiger partial charge in [-0.05, 0) is 42.5 Å². The molecule has 1 saturated heterocycles. The number of thiophene rings is 1. The lowest BCUT2D eigenvalue weighted by Crippen LogP contribution is -2.56.